The largest absolute Gasteiger partial charge is 0.397 e. The van der Waals surface area contributed by atoms with Gasteiger partial charge in [0.15, 0.2) is 0 Å². The molecule has 1 aromatic carbocycles. The van der Waals surface area contributed by atoms with Crippen LogP contribution in [0.3, 0.4) is 0 Å². The summed E-state index contributed by atoms with van der Waals surface area (Å²) in [4.78, 5) is 0. The lowest BCUT2D eigenvalue weighted by Gasteiger charge is -1.98. The fourth-order valence-electron chi connectivity index (χ4n) is 1.27. The summed E-state index contributed by atoms with van der Waals surface area (Å²) in [6.45, 7) is 1.92. The predicted molar refractivity (Wildman–Crippen MR) is 50.3 cm³/mol. The first-order valence-corrected chi connectivity index (χ1v) is 3.96. The minimum absolute atomic E-state index is 0.576. The number of nitrogen functional groups attached to an aromatic ring is 1. The van der Waals surface area contributed by atoms with E-state index in [9.17, 15) is 0 Å². The van der Waals surface area contributed by atoms with Crippen molar-refractivity contribution in [3.63, 3.8) is 0 Å². The lowest BCUT2D eigenvalue weighted by Crippen LogP contribution is -1.87. The molecule has 2 aromatic rings. The molecule has 1 aromatic heterocycles. The third-order valence-corrected chi connectivity index (χ3v) is 2.22. The SMILES string of the molecule is Cc1[nH]nc2ccc(Cl)c(N)c12. The van der Waals surface area contributed by atoms with E-state index < -0.39 is 0 Å². The van der Waals surface area contributed by atoms with Crippen LogP contribution in [0.4, 0.5) is 5.69 Å². The number of nitrogens with zero attached hydrogens (tertiary/aromatic N) is 1. The predicted octanol–water partition coefficient (Wildman–Crippen LogP) is 2.11. The van der Waals surface area contributed by atoms with Crippen molar-refractivity contribution in [3.05, 3.63) is 22.8 Å². The Labute approximate surface area is 74.5 Å². The number of rotatable bonds is 0. The molecule has 62 valence electrons. The average Bonchev–Trinajstić information content (AvgIpc) is 2.41. The smallest absolute Gasteiger partial charge is 0.0945 e. The van der Waals surface area contributed by atoms with Crippen LogP contribution in [0.1, 0.15) is 5.69 Å². The molecular formula is C8H8ClN3. The number of aromatic nitrogens is 2. The number of fused-ring (bicyclic) bond motifs is 1. The van der Waals surface area contributed by atoms with Crippen molar-refractivity contribution in [2.45, 2.75) is 6.92 Å². The number of benzene rings is 1. The molecular weight excluding hydrogens is 174 g/mol. The molecule has 0 saturated carbocycles. The Kier molecular flexibility index (Phi) is 1.48. The summed E-state index contributed by atoms with van der Waals surface area (Å²) in [5.41, 5.74) is 8.17. The summed E-state index contributed by atoms with van der Waals surface area (Å²) >= 11 is 5.85. The van der Waals surface area contributed by atoms with Crippen LogP contribution in [-0.2, 0) is 0 Å². The topological polar surface area (TPSA) is 54.7 Å². The van der Waals surface area contributed by atoms with E-state index in [1.807, 2.05) is 13.0 Å². The molecule has 0 bridgehead atoms. The Morgan fingerprint density at radius 1 is 1.50 bits per heavy atom. The molecule has 3 nitrogen and oxygen atoms in total. The van der Waals surface area contributed by atoms with Gasteiger partial charge in [-0.05, 0) is 19.1 Å². The number of H-pyrrole nitrogens is 1. The molecule has 4 heteroatoms. The van der Waals surface area contributed by atoms with Gasteiger partial charge in [0.25, 0.3) is 0 Å². The molecule has 0 aliphatic heterocycles. The van der Waals surface area contributed by atoms with E-state index in [1.54, 1.807) is 6.07 Å². The van der Waals surface area contributed by atoms with Crippen LogP contribution < -0.4 is 5.73 Å². The third-order valence-electron chi connectivity index (χ3n) is 1.89. The summed E-state index contributed by atoms with van der Waals surface area (Å²) in [7, 11) is 0. The minimum Gasteiger partial charge on any atom is -0.397 e. The highest BCUT2D eigenvalue weighted by atomic mass is 35.5. The second-order valence-electron chi connectivity index (χ2n) is 2.70. The maximum Gasteiger partial charge on any atom is 0.0945 e. The Morgan fingerprint density at radius 3 is 3.00 bits per heavy atom. The van der Waals surface area contributed by atoms with E-state index in [1.165, 1.54) is 0 Å². The first kappa shape index (κ1) is 7.43. The Bertz CT molecular complexity index is 433. The summed E-state index contributed by atoms with van der Waals surface area (Å²) in [5.74, 6) is 0. The number of aromatic amines is 1. The Morgan fingerprint density at radius 2 is 2.25 bits per heavy atom. The van der Waals surface area contributed by atoms with E-state index in [0.717, 1.165) is 16.6 Å². The Hall–Kier alpha value is -1.22. The number of hydrogen-bond donors (Lipinski definition) is 2. The molecule has 3 N–H and O–H groups in total. The second-order valence-corrected chi connectivity index (χ2v) is 3.11. The highest BCUT2D eigenvalue weighted by molar-refractivity contribution is 6.34. The Balaban J connectivity index is 2.96. The van der Waals surface area contributed by atoms with Gasteiger partial charge in [-0.25, -0.2) is 0 Å². The van der Waals surface area contributed by atoms with Gasteiger partial charge in [-0.3, -0.25) is 5.10 Å². The van der Waals surface area contributed by atoms with Crippen molar-refractivity contribution in [2.24, 2.45) is 0 Å². The van der Waals surface area contributed by atoms with E-state index in [0.29, 0.717) is 10.7 Å². The molecule has 12 heavy (non-hydrogen) atoms. The van der Waals surface area contributed by atoms with E-state index >= 15 is 0 Å². The highest BCUT2D eigenvalue weighted by Gasteiger charge is 2.07. The number of halogens is 1. The van der Waals surface area contributed by atoms with Gasteiger partial charge in [0, 0.05) is 11.1 Å². The molecule has 0 amide bonds. The summed E-state index contributed by atoms with van der Waals surface area (Å²) in [6, 6.07) is 3.59. The fraction of sp³-hybridized carbons (Fsp3) is 0.125. The number of nitrogens with one attached hydrogen (secondary N) is 1. The number of nitrogens with two attached hydrogens (primary N) is 1. The van der Waals surface area contributed by atoms with Gasteiger partial charge in [0.2, 0.25) is 0 Å². The molecule has 0 unspecified atom stereocenters. The van der Waals surface area contributed by atoms with Gasteiger partial charge in [0.1, 0.15) is 0 Å². The zero-order valence-electron chi connectivity index (χ0n) is 6.56. The maximum atomic E-state index is 5.85. The van der Waals surface area contributed by atoms with E-state index in [2.05, 4.69) is 10.2 Å². The standard InChI is InChI=1S/C8H8ClN3/c1-4-7-6(12-11-4)3-2-5(9)8(7)10/h2-3H,10H2,1H3,(H,11,12). The van der Waals surface area contributed by atoms with Crippen molar-refractivity contribution >= 4 is 28.2 Å². The molecule has 0 saturated heterocycles. The number of hydrogen-bond acceptors (Lipinski definition) is 2. The average molecular weight is 182 g/mol. The molecule has 0 aliphatic carbocycles. The highest BCUT2D eigenvalue weighted by Crippen LogP contribution is 2.28. The molecule has 0 radical (unpaired) electrons. The molecule has 2 rings (SSSR count). The zero-order chi connectivity index (χ0) is 8.72. The normalized spacial score (nSPS) is 10.8. The maximum absolute atomic E-state index is 5.85. The quantitative estimate of drug-likeness (QED) is 0.612. The second kappa shape index (κ2) is 2.38. The van der Waals surface area contributed by atoms with Crippen LogP contribution in [0.25, 0.3) is 10.9 Å². The van der Waals surface area contributed by atoms with Crippen LogP contribution >= 0.6 is 11.6 Å². The van der Waals surface area contributed by atoms with Crippen LogP contribution in [0, 0.1) is 6.92 Å². The summed E-state index contributed by atoms with van der Waals surface area (Å²) in [6.07, 6.45) is 0. The summed E-state index contributed by atoms with van der Waals surface area (Å²) in [5, 5.41) is 8.41. The molecule has 0 aliphatic rings. The van der Waals surface area contributed by atoms with Crippen LogP contribution in [-0.4, -0.2) is 10.2 Å². The van der Waals surface area contributed by atoms with Gasteiger partial charge >= 0.3 is 0 Å². The fourth-order valence-corrected chi connectivity index (χ4v) is 1.43. The van der Waals surface area contributed by atoms with Crippen LogP contribution in [0.2, 0.25) is 5.02 Å². The molecule has 0 fully saturated rings. The number of aryl methyl sites for hydroxylation is 1. The van der Waals surface area contributed by atoms with Crippen molar-refractivity contribution in [1.29, 1.82) is 0 Å². The molecule has 0 spiro atoms. The third kappa shape index (κ3) is 0.865. The van der Waals surface area contributed by atoms with Crippen LogP contribution in [0.15, 0.2) is 12.1 Å². The van der Waals surface area contributed by atoms with E-state index in [4.69, 9.17) is 17.3 Å². The van der Waals surface area contributed by atoms with Gasteiger partial charge in [-0.2, -0.15) is 5.10 Å². The first-order valence-electron chi connectivity index (χ1n) is 3.59. The molecule has 1 heterocycles. The summed E-state index contributed by atoms with van der Waals surface area (Å²) < 4.78 is 0. The minimum atomic E-state index is 0.576. The van der Waals surface area contributed by atoms with Crippen molar-refractivity contribution in [1.82, 2.24) is 10.2 Å². The van der Waals surface area contributed by atoms with Crippen molar-refractivity contribution in [3.8, 4) is 0 Å². The lowest BCUT2D eigenvalue weighted by atomic mass is 10.2. The van der Waals surface area contributed by atoms with Crippen molar-refractivity contribution < 1.29 is 0 Å². The van der Waals surface area contributed by atoms with Crippen molar-refractivity contribution in [2.75, 3.05) is 5.73 Å². The number of anilines is 1. The van der Waals surface area contributed by atoms with Gasteiger partial charge in [0.05, 0.1) is 16.2 Å². The van der Waals surface area contributed by atoms with E-state index in [-0.39, 0.29) is 0 Å². The van der Waals surface area contributed by atoms with Gasteiger partial charge in [-0.1, -0.05) is 11.6 Å². The van der Waals surface area contributed by atoms with Gasteiger partial charge in [-0.15, -0.1) is 0 Å². The van der Waals surface area contributed by atoms with Crippen LogP contribution in [0.5, 0.6) is 0 Å². The van der Waals surface area contributed by atoms with Gasteiger partial charge < -0.3 is 5.73 Å². The molecule has 0 atom stereocenters. The monoisotopic (exact) mass is 181 g/mol. The lowest BCUT2D eigenvalue weighted by molar-refractivity contribution is 1.07. The first-order chi connectivity index (χ1) is 5.70. The zero-order valence-corrected chi connectivity index (χ0v) is 7.31.